The van der Waals surface area contributed by atoms with Gasteiger partial charge in [0.05, 0.1) is 15.9 Å². The highest BCUT2D eigenvalue weighted by molar-refractivity contribution is 7.90. The average Bonchev–Trinajstić information content (AvgIpc) is 3.21. The highest BCUT2D eigenvalue weighted by Crippen LogP contribution is 2.31. The van der Waals surface area contributed by atoms with Crippen LogP contribution in [0.5, 0.6) is 0 Å². The molecule has 2 heterocycles. The predicted molar refractivity (Wildman–Crippen MR) is 151 cm³/mol. The van der Waals surface area contributed by atoms with Crippen molar-refractivity contribution in [2.45, 2.75) is 37.2 Å². The molecule has 1 aliphatic heterocycles. The van der Waals surface area contributed by atoms with Crippen LogP contribution in [0.15, 0.2) is 65.6 Å². The van der Waals surface area contributed by atoms with Gasteiger partial charge >= 0.3 is 0 Å². The molecule has 6 nitrogen and oxygen atoms in total. The van der Waals surface area contributed by atoms with Gasteiger partial charge in [-0.15, -0.1) is 0 Å². The third-order valence-corrected chi connectivity index (χ3v) is 8.83. The van der Waals surface area contributed by atoms with Crippen molar-refractivity contribution in [3.63, 3.8) is 0 Å². The Hall–Kier alpha value is -3.00. The van der Waals surface area contributed by atoms with E-state index in [2.05, 4.69) is 71.8 Å². The minimum Gasteiger partial charge on any atom is -0.327 e. The number of hydrogen-bond acceptors (Lipinski definition) is 5. The van der Waals surface area contributed by atoms with Crippen LogP contribution in [0.25, 0.3) is 33.5 Å². The summed E-state index contributed by atoms with van der Waals surface area (Å²) in [5.74, 6) is 0.823. The molecule has 0 radical (unpaired) electrons. The number of aromatic nitrogens is 2. The lowest BCUT2D eigenvalue weighted by atomic mass is 10.00. The van der Waals surface area contributed by atoms with Crippen molar-refractivity contribution in [2.24, 2.45) is 7.05 Å². The zero-order valence-corrected chi connectivity index (χ0v) is 23.2. The van der Waals surface area contributed by atoms with E-state index in [-0.39, 0.29) is 0 Å². The molecule has 5 rings (SSSR count). The van der Waals surface area contributed by atoms with Gasteiger partial charge in [-0.1, -0.05) is 24.3 Å². The number of nitrogens with zero attached hydrogens (tertiary/aromatic N) is 4. The standard InChI is InChI=1S/C30H36N4O2S/c1-21-18-25(23-8-6-22(7-9-23)20-34-16-14-26(15-17-34)32(2)3)19-28-29(21)31-30(33(28)4)24-10-12-27(13-11-24)37(5,35)36/h6-13,18-19,26H,14-17,20H2,1-5H3. The summed E-state index contributed by atoms with van der Waals surface area (Å²) < 4.78 is 25.8. The Labute approximate surface area is 220 Å². The number of sulfone groups is 1. The molecule has 0 atom stereocenters. The molecule has 37 heavy (non-hydrogen) atoms. The van der Waals surface area contributed by atoms with E-state index >= 15 is 0 Å². The van der Waals surface area contributed by atoms with E-state index in [4.69, 9.17) is 4.98 Å². The van der Waals surface area contributed by atoms with Gasteiger partial charge in [0.2, 0.25) is 0 Å². The normalized spacial score (nSPS) is 15.6. The first-order valence-electron chi connectivity index (χ1n) is 12.9. The first kappa shape index (κ1) is 25.6. The molecule has 4 aromatic rings. The molecule has 0 unspecified atom stereocenters. The first-order valence-corrected chi connectivity index (χ1v) is 14.7. The van der Waals surface area contributed by atoms with E-state index in [0.29, 0.717) is 10.9 Å². The van der Waals surface area contributed by atoms with E-state index in [1.807, 2.05) is 19.2 Å². The van der Waals surface area contributed by atoms with Gasteiger partial charge in [-0.05, 0) is 106 Å². The lowest BCUT2D eigenvalue weighted by Crippen LogP contribution is -2.41. The molecule has 1 aromatic heterocycles. The Balaban J connectivity index is 1.37. The first-order chi connectivity index (χ1) is 17.6. The van der Waals surface area contributed by atoms with Crippen molar-refractivity contribution in [3.8, 4) is 22.5 Å². The number of likely N-dealkylation sites (tertiary alicyclic amines) is 1. The van der Waals surface area contributed by atoms with Gasteiger partial charge in [0, 0.05) is 31.5 Å². The van der Waals surface area contributed by atoms with Crippen LogP contribution in [0.4, 0.5) is 0 Å². The molecule has 1 saturated heterocycles. The quantitative estimate of drug-likeness (QED) is 0.355. The van der Waals surface area contributed by atoms with Crippen LogP contribution < -0.4 is 0 Å². The van der Waals surface area contributed by atoms with Crippen LogP contribution in [0, 0.1) is 6.92 Å². The number of hydrogen-bond donors (Lipinski definition) is 0. The molecular weight excluding hydrogens is 480 g/mol. The van der Waals surface area contributed by atoms with E-state index < -0.39 is 9.84 Å². The van der Waals surface area contributed by atoms with E-state index in [1.165, 1.54) is 35.8 Å². The molecule has 1 aliphatic rings. The highest BCUT2D eigenvalue weighted by Gasteiger charge is 2.20. The van der Waals surface area contributed by atoms with E-state index in [1.54, 1.807) is 12.1 Å². The Morgan fingerprint density at radius 3 is 2.14 bits per heavy atom. The van der Waals surface area contributed by atoms with Crippen molar-refractivity contribution >= 4 is 20.9 Å². The van der Waals surface area contributed by atoms with Crippen molar-refractivity contribution in [2.75, 3.05) is 33.4 Å². The van der Waals surface area contributed by atoms with Gasteiger partial charge in [-0.25, -0.2) is 13.4 Å². The summed E-state index contributed by atoms with van der Waals surface area (Å²) in [7, 11) is 3.15. The lowest BCUT2D eigenvalue weighted by Gasteiger charge is -2.35. The smallest absolute Gasteiger partial charge is 0.175 e. The fraction of sp³-hybridized carbons (Fsp3) is 0.367. The van der Waals surface area contributed by atoms with Gasteiger partial charge in [-0.3, -0.25) is 4.90 Å². The number of rotatable bonds is 6. The Bertz CT molecular complexity index is 1510. The third kappa shape index (κ3) is 5.35. The maximum absolute atomic E-state index is 11.8. The zero-order valence-electron chi connectivity index (χ0n) is 22.4. The summed E-state index contributed by atoms with van der Waals surface area (Å²) >= 11 is 0. The zero-order chi connectivity index (χ0) is 26.3. The van der Waals surface area contributed by atoms with E-state index in [0.717, 1.165) is 47.6 Å². The minimum absolute atomic E-state index is 0.315. The SMILES string of the molecule is Cc1cc(-c2ccc(CN3CCC(N(C)C)CC3)cc2)cc2c1nc(-c1ccc(S(C)(=O)=O)cc1)n2C. The maximum Gasteiger partial charge on any atom is 0.175 e. The fourth-order valence-electron chi connectivity index (χ4n) is 5.39. The predicted octanol–water partition coefficient (Wildman–Crippen LogP) is 5.15. The minimum atomic E-state index is -3.23. The Morgan fingerprint density at radius 1 is 0.919 bits per heavy atom. The number of imidazole rings is 1. The molecule has 7 heteroatoms. The lowest BCUT2D eigenvalue weighted by molar-refractivity contribution is 0.140. The van der Waals surface area contributed by atoms with Crippen LogP contribution in [0.2, 0.25) is 0 Å². The van der Waals surface area contributed by atoms with Crippen molar-refractivity contribution in [3.05, 3.63) is 71.8 Å². The van der Waals surface area contributed by atoms with Gasteiger partial charge in [-0.2, -0.15) is 0 Å². The monoisotopic (exact) mass is 516 g/mol. The second-order valence-electron chi connectivity index (χ2n) is 10.6. The largest absolute Gasteiger partial charge is 0.327 e. The third-order valence-electron chi connectivity index (χ3n) is 7.70. The summed E-state index contributed by atoms with van der Waals surface area (Å²) in [4.78, 5) is 10.1. The van der Waals surface area contributed by atoms with E-state index in [9.17, 15) is 8.42 Å². The topological polar surface area (TPSA) is 58.4 Å². The maximum atomic E-state index is 11.8. The second kappa shape index (κ2) is 10.0. The second-order valence-corrected chi connectivity index (χ2v) is 12.6. The summed E-state index contributed by atoms with van der Waals surface area (Å²) in [6, 6.07) is 21.0. The fourth-order valence-corrected chi connectivity index (χ4v) is 6.02. The number of piperidine rings is 1. The van der Waals surface area contributed by atoms with Crippen molar-refractivity contribution in [1.82, 2.24) is 19.4 Å². The molecule has 0 N–H and O–H groups in total. The van der Waals surface area contributed by atoms with Gasteiger partial charge < -0.3 is 9.47 Å². The molecule has 0 spiro atoms. The number of fused-ring (bicyclic) bond motifs is 1. The summed E-state index contributed by atoms with van der Waals surface area (Å²) in [5, 5.41) is 0. The molecule has 0 aliphatic carbocycles. The van der Waals surface area contributed by atoms with Crippen LogP contribution in [0.3, 0.4) is 0 Å². The molecule has 0 bridgehead atoms. The average molecular weight is 517 g/mol. The Kier molecular flexibility index (Phi) is 6.96. The molecule has 0 amide bonds. The van der Waals surface area contributed by atoms with Crippen LogP contribution in [-0.4, -0.2) is 67.3 Å². The molecular formula is C30H36N4O2S. The van der Waals surface area contributed by atoms with Gasteiger partial charge in [0.25, 0.3) is 0 Å². The summed E-state index contributed by atoms with van der Waals surface area (Å²) in [5.41, 5.74) is 7.76. The molecule has 194 valence electrons. The van der Waals surface area contributed by atoms with Gasteiger partial charge in [0.1, 0.15) is 5.82 Å². The summed E-state index contributed by atoms with van der Waals surface area (Å²) in [6.45, 7) is 5.41. The van der Waals surface area contributed by atoms with Crippen LogP contribution in [-0.2, 0) is 23.4 Å². The molecule has 1 fully saturated rings. The molecule has 3 aromatic carbocycles. The van der Waals surface area contributed by atoms with Crippen molar-refractivity contribution < 1.29 is 8.42 Å². The Morgan fingerprint density at radius 2 is 1.54 bits per heavy atom. The van der Waals surface area contributed by atoms with Crippen LogP contribution >= 0.6 is 0 Å². The van der Waals surface area contributed by atoms with Crippen molar-refractivity contribution in [1.29, 1.82) is 0 Å². The number of aryl methyl sites for hydroxylation is 2. The van der Waals surface area contributed by atoms with Gasteiger partial charge in [0.15, 0.2) is 9.84 Å². The highest BCUT2D eigenvalue weighted by atomic mass is 32.2. The summed E-state index contributed by atoms with van der Waals surface area (Å²) in [6.07, 6.45) is 3.69. The van der Waals surface area contributed by atoms with Crippen LogP contribution in [0.1, 0.15) is 24.0 Å². The molecule has 0 saturated carbocycles. The number of benzene rings is 3.